The molecule has 1 aliphatic rings. The van der Waals surface area contributed by atoms with E-state index in [0.717, 1.165) is 17.9 Å². The Morgan fingerprint density at radius 2 is 2.04 bits per heavy atom. The van der Waals surface area contributed by atoms with E-state index in [9.17, 15) is 9.59 Å². The van der Waals surface area contributed by atoms with E-state index >= 15 is 0 Å². The lowest BCUT2D eigenvalue weighted by molar-refractivity contribution is -0.691. The largest absolute Gasteiger partial charge is 0.494 e. The van der Waals surface area contributed by atoms with Crippen LogP contribution in [0.2, 0.25) is 0 Å². The Hall–Kier alpha value is -2.60. The summed E-state index contributed by atoms with van der Waals surface area (Å²) in [5.74, 6) is 1.16. The minimum atomic E-state index is -0.404. The van der Waals surface area contributed by atoms with Crippen LogP contribution in [-0.4, -0.2) is 24.5 Å². The van der Waals surface area contributed by atoms with E-state index in [0.29, 0.717) is 18.8 Å². The average Bonchev–Trinajstić information content (AvgIpc) is 3.20. The molecule has 2 heterocycles. The quantitative estimate of drug-likeness (QED) is 0.780. The molecule has 2 aromatic rings. The van der Waals surface area contributed by atoms with Gasteiger partial charge in [0, 0.05) is 0 Å². The van der Waals surface area contributed by atoms with Crippen LogP contribution in [0.5, 0.6) is 5.75 Å². The van der Waals surface area contributed by atoms with Crippen LogP contribution in [0.4, 0.5) is 5.69 Å². The van der Waals surface area contributed by atoms with Crippen molar-refractivity contribution >= 4 is 17.5 Å². The Labute approximate surface area is 140 Å². The molecular formula is C18H21N2O4+. The SMILES string of the molecule is CCCOc1ccc(N2C(=O)C[C@H]([NH2+]Cc3ccco3)C2=O)cc1. The molecule has 0 saturated carbocycles. The second-order valence-electron chi connectivity index (χ2n) is 5.74. The highest BCUT2D eigenvalue weighted by Crippen LogP contribution is 2.24. The third-order valence-electron chi connectivity index (χ3n) is 3.93. The number of nitrogens with two attached hydrogens (primary N) is 1. The van der Waals surface area contributed by atoms with E-state index in [1.807, 2.05) is 18.3 Å². The van der Waals surface area contributed by atoms with Gasteiger partial charge >= 0.3 is 0 Å². The standard InChI is InChI=1S/C18H20N2O4/c1-2-9-23-14-7-5-13(6-8-14)20-17(21)11-16(18(20)22)19-12-15-4-3-10-24-15/h3-8,10,16,19H,2,9,11-12H2,1H3/p+1/t16-/m0/s1. The van der Waals surface area contributed by atoms with Crippen molar-refractivity contribution in [3.63, 3.8) is 0 Å². The molecule has 0 bridgehead atoms. The van der Waals surface area contributed by atoms with E-state index in [1.54, 1.807) is 36.6 Å². The predicted octanol–water partition coefficient (Wildman–Crippen LogP) is 1.46. The highest BCUT2D eigenvalue weighted by Gasteiger charge is 2.42. The van der Waals surface area contributed by atoms with Gasteiger partial charge in [-0.25, -0.2) is 4.90 Å². The van der Waals surface area contributed by atoms with Gasteiger partial charge in [-0.2, -0.15) is 0 Å². The molecule has 24 heavy (non-hydrogen) atoms. The number of furan rings is 1. The van der Waals surface area contributed by atoms with Crippen LogP contribution in [0.3, 0.4) is 0 Å². The number of quaternary nitrogens is 1. The van der Waals surface area contributed by atoms with Crippen molar-refractivity contribution in [2.45, 2.75) is 32.4 Å². The molecule has 1 aromatic carbocycles. The molecule has 126 valence electrons. The minimum Gasteiger partial charge on any atom is -0.494 e. The second kappa shape index (κ2) is 7.31. The molecule has 0 radical (unpaired) electrons. The average molecular weight is 329 g/mol. The molecular weight excluding hydrogens is 308 g/mol. The Kier molecular flexibility index (Phi) is 4.96. The summed E-state index contributed by atoms with van der Waals surface area (Å²) >= 11 is 0. The topological polar surface area (TPSA) is 76.4 Å². The lowest BCUT2D eigenvalue weighted by Crippen LogP contribution is -2.90. The van der Waals surface area contributed by atoms with Crippen molar-refractivity contribution in [2.75, 3.05) is 11.5 Å². The summed E-state index contributed by atoms with van der Waals surface area (Å²) in [4.78, 5) is 26.0. The monoisotopic (exact) mass is 329 g/mol. The van der Waals surface area contributed by atoms with Crippen molar-refractivity contribution in [3.8, 4) is 5.75 Å². The third-order valence-corrected chi connectivity index (χ3v) is 3.93. The van der Waals surface area contributed by atoms with Crippen LogP contribution in [0, 0.1) is 0 Å². The molecule has 1 saturated heterocycles. The summed E-state index contributed by atoms with van der Waals surface area (Å²) in [6.45, 7) is 3.22. The van der Waals surface area contributed by atoms with Gasteiger partial charge in [-0.1, -0.05) is 6.92 Å². The number of anilines is 1. The predicted molar refractivity (Wildman–Crippen MR) is 87.5 cm³/mol. The molecule has 1 atom stereocenters. The zero-order valence-corrected chi connectivity index (χ0v) is 13.6. The van der Waals surface area contributed by atoms with Gasteiger partial charge in [-0.15, -0.1) is 0 Å². The van der Waals surface area contributed by atoms with E-state index in [1.165, 1.54) is 4.90 Å². The number of imide groups is 1. The van der Waals surface area contributed by atoms with Gasteiger partial charge in [0.25, 0.3) is 5.91 Å². The second-order valence-corrected chi connectivity index (χ2v) is 5.74. The highest BCUT2D eigenvalue weighted by molar-refractivity contribution is 6.21. The van der Waals surface area contributed by atoms with Crippen molar-refractivity contribution in [1.82, 2.24) is 0 Å². The number of rotatable bonds is 7. The minimum absolute atomic E-state index is 0.178. The third kappa shape index (κ3) is 3.49. The van der Waals surface area contributed by atoms with Crippen molar-refractivity contribution in [3.05, 3.63) is 48.4 Å². The van der Waals surface area contributed by atoms with Gasteiger partial charge in [-0.3, -0.25) is 9.59 Å². The fourth-order valence-electron chi connectivity index (χ4n) is 2.71. The summed E-state index contributed by atoms with van der Waals surface area (Å²) in [7, 11) is 0. The molecule has 0 unspecified atom stereocenters. The first-order chi connectivity index (χ1) is 11.7. The van der Waals surface area contributed by atoms with Gasteiger partial charge in [0.05, 0.1) is 25.0 Å². The summed E-state index contributed by atoms with van der Waals surface area (Å²) in [5, 5.41) is 1.85. The molecule has 0 spiro atoms. The molecule has 1 aromatic heterocycles. The van der Waals surface area contributed by atoms with Crippen LogP contribution in [0.1, 0.15) is 25.5 Å². The van der Waals surface area contributed by atoms with E-state index in [2.05, 4.69) is 0 Å². The normalized spacial score (nSPS) is 17.5. The number of ether oxygens (including phenoxy) is 1. The number of hydrogen-bond acceptors (Lipinski definition) is 4. The van der Waals surface area contributed by atoms with Crippen LogP contribution in [0.15, 0.2) is 47.1 Å². The van der Waals surface area contributed by atoms with Gasteiger partial charge < -0.3 is 14.5 Å². The lowest BCUT2D eigenvalue weighted by Gasteiger charge is -2.14. The van der Waals surface area contributed by atoms with Crippen molar-refractivity contribution in [2.24, 2.45) is 0 Å². The smallest absolute Gasteiger partial charge is 0.292 e. The maximum atomic E-state index is 12.5. The molecule has 0 aliphatic carbocycles. The maximum absolute atomic E-state index is 12.5. The molecule has 2 N–H and O–H groups in total. The van der Waals surface area contributed by atoms with Crippen LogP contribution >= 0.6 is 0 Å². The molecule has 1 aliphatic heterocycles. The Bertz CT molecular complexity index is 694. The van der Waals surface area contributed by atoms with E-state index in [4.69, 9.17) is 9.15 Å². The Morgan fingerprint density at radius 3 is 2.71 bits per heavy atom. The van der Waals surface area contributed by atoms with Gasteiger partial charge in [0.15, 0.2) is 11.8 Å². The van der Waals surface area contributed by atoms with Crippen LogP contribution < -0.4 is 15.0 Å². The molecule has 1 fully saturated rings. The van der Waals surface area contributed by atoms with E-state index in [-0.39, 0.29) is 18.2 Å². The number of carbonyl (C=O) groups excluding carboxylic acids is 2. The molecule has 3 rings (SSSR count). The number of carbonyl (C=O) groups is 2. The fourth-order valence-corrected chi connectivity index (χ4v) is 2.71. The zero-order valence-electron chi connectivity index (χ0n) is 13.6. The van der Waals surface area contributed by atoms with Gasteiger partial charge in [0.1, 0.15) is 12.3 Å². The Balaban J connectivity index is 1.65. The van der Waals surface area contributed by atoms with E-state index < -0.39 is 6.04 Å². The first-order valence-corrected chi connectivity index (χ1v) is 8.14. The number of amides is 2. The summed E-state index contributed by atoms with van der Waals surface area (Å²) in [5.41, 5.74) is 0.586. The number of nitrogens with zero attached hydrogens (tertiary/aromatic N) is 1. The van der Waals surface area contributed by atoms with Crippen molar-refractivity contribution < 1.29 is 24.1 Å². The number of benzene rings is 1. The summed E-state index contributed by atoms with van der Waals surface area (Å²) in [6.07, 6.45) is 2.73. The van der Waals surface area contributed by atoms with Gasteiger partial charge in [0.2, 0.25) is 5.91 Å². The van der Waals surface area contributed by atoms with Crippen LogP contribution in [0.25, 0.3) is 0 Å². The molecule has 6 heteroatoms. The summed E-state index contributed by atoms with van der Waals surface area (Å²) < 4.78 is 10.8. The van der Waals surface area contributed by atoms with Crippen molar-refractivity contribution in [1.29, 1.82) is 0 Å². The summed E-state index contributed by atoms with van der Waals surface area (Å²) in [6, 6.07) is 10.3. The Morgan fingerprint density at radius 1 is 1.25 bits per heavy atom. The zero-order chi connectivity index (χ0) is 16.9. The number of hydrogen-bond donors (Lipinski definition) is 1. The highest BCUT2D eigenvalue weighted by atomic mass is 16.5. The first kappa shape index (κ1) is 16.3. The fraction of sp³-hybridized carbons (Fsp3) is 0.333. The first-order valence-electron chi connectivity index (χ1n) is 8.14. The van der Waals surface area contributed by atoms with Gasteiger partial charge in [-0.05, 0) is 42.8 Å². The molecule has 2 amide bonds. The maximum Gasteiger partial charge on any atom is 0.292 e. The van der Waals surface area contributed by atoms with Crippen LogP contribution in [-0.2, 0) is 16.1 Å². The molecule has 6 nitrogen and oxygen atoms in total. The lowest BCUT2D eigenvalue weighted by atomic mass is 10.2.